The van der Waals surface area contributed by atoms with Crippen molar-refractivity contribution in [3.63, 3.8) is 0 Å². The van der Waals surface area contributed by atoms with E-state index in [0.717, 1.165) is 19.6 Å². The van der Waals surface area contributed by atoms with Gasteiger partial charge >= 0.3 is 0 Å². The van der Waals surface area contributed by atoms with Crippen LogP contribution < -0.4 is 5.32 Å². The third kappa shape index (κ3) is 3.18. The van der Waals surface area contributed by atoms with E-state index in [1.54, 1.807) is 12.1 Å². The van der Waals surface area contributed by atoms with Gasteiger partial charge in [0, 0.05) is 19.6 Å². The Kier molecular flexibility index (Phi) is 5.16. The minimum Gasteiger partial charge on any atom is -0.334 e. The predicted molar refractivity (Wildman–Crippen MR) is 80.2 cm³/mol. The van der Waals surface area contributed by atoms with Crippen LogP contribution in [-0.4, -0.2) is 41.7 Å². The predicted octanol–water partition coefficient (Wildman–Crippen LogP) is 2.53. The van der Waals surface area contributed by atoms with Crippen molar-refractivity contribution in [3.05, 3.63) is 34.9 Å². The number of aromatic nitrogens is 2. The van der Waals surface area contributed by atoms with Gasteiger partial charge in [0.1, 0.15) is 5.82 Å². The first-order valence-electron chi connectivity index (χ1n) is 6.36. The fourth-order valence-electron chi connectivity index (χ4n) is 2.24. The first kappa shape index (κ1) is 16.2. The molecule has 3 rings (SSSR count). The molecule has 0 aliphatic carbocycles. The molecule has 1 aromatic carbocycles. The number of hydrogen-bond acceptors (Lipinski definition) is 5. The molecule has 1 atom stereocenters. The lowest BCUT2D eigenvalue weighted by atomic mass is 10.2. The zero-order chi connectivity index (χ0) is 14.1. The molecular formula is C13H15Cl2FN4O. The first-order valence-corrected chi connectivity index (χ1v) is 6.73. The van der Waals surface area contributed by atoms with Gasteiger partial charge < -0.3 is 9.84 Å². The summed E-state index contributed by atoms with van der Waals surface area (Å²) in [6.07, 6.45) is 0. The summed E-state index contributed by atoms with van der Waals surface area (Å²) in [6.45, 7) is 2.61. The Hall–Kier alpha value is -1.21. The number of nitrogens with zero attached hydrogens (tertiary/aromatic N) is 3. The molecule has 0 saturated carbocycles. The molecule has 1 saturated heterocycles. The van der Waals surface area contributed by atoms with Gasteiger partial charge in [-0.2, -0.15) is 4.98 Å². The summed E-state index contributed by atoms with van der Waals surface area (Å²) < 4.78 is 18.7. The van der Waals surface area contributed by atoms with Crippen molar-refractivity contribution < 1.29 is 8.91 Å². The molecule has 114 valence electrons. The highest BCUT2D eigenvalue weighted by atomic mass is 35.5. The van der Waals surface area contributed by atoms with Crippen LogP contribution in [0.4, 0.5) is 4.39 Å². The van der Waals surface area contributed by atoms with E-state index in [2.05, 4.69) is 20.4 Å². The van der Waals surface area contributed by atoms with Crippen LogP contribution in [0, 0.1) is 5.82 Å². The Bertz CT molecular complexity index is 622. The maximum Gasteiger partial charge on any atom is 0.259 e. The topological polar surface area (TPSA) is 54.2 Å². The Morgan fingerprint density at radius 1 is 1.48 bits per heavy atom. The Labute approximate surface area is 132 Å². The molecule has 0 amide bonds. The van der Waals surface area contributed by atoms with Crippen molar-refractivity contribution in [1.29, 1.82) is 0 Å². The Morgan fingerprint density at radius 2 is 2.29 bits per heavy atom. The van der Waals surface area contributed by atoms with Crippen LogP contribution in [0.15, 0.2) is 22.7 Å². The second-order valence-corrected chi connectivity index (χ2v) is 5.14. The molecule has 1 aliphatic rings. The average Bonchev–Trinajstić information content (AvgIpc) is 2.92. The monoisotopic (exact) mass is 332 g/mol. The normalized spacial score (nSPS) is 19.3. The number of piperazine rings is 1. The maximum absolute atomic E-state index is 13.4. The highest BCUT2D eigenvalue weighted by molar-refractivity contribution is 6.33. The average molecular weight is 333 g/mol. The lowest BCUT2D eigenvalue weighted by molar-refractivity contribution is 0.190. The molecular weight excluding hydrogens is 318 g/mol. The number of nitrogens with one attached hydrogen (secondary N) is 1. The van der Waals surface area contributed by atoms with E-state index in [0.29, 0.717) is 11.4 Å². The summed E-state index contributed by atoms with van der Waals surface area (Å²) in [4.78, 5) is 6.50. The van der Waals surface area contributed by atoms with E-state index >= 15 is 0 Å². The molecule has 1 unspecified atom stereocenters. The molecule has 1 fully saturated rings. The molecule has 1 N–H and O–H groups in total. The van der Waals surface area contributed by atoms with Gasteiger partial charge in [-0.15, -0.1) is 12.4 Å². The van der Waals surface area contributed by atoms with Gasteiger partial charge in [-0.05, 0) is 19.2 Å². The standard InChI is InChI=1S/C13H14ClFN4O.ClH/c1-19-6-5-16-7-10(19)12-17-13(20-18-12)8-3-2-4-9(15)11(8)14;/h2-4,10,16H,5-7H2,1H3;1H. The molecule has 0 spiro atoms. The minimum atomic E-state index is -0.500. The van der Waals surface area contributed by atoms with Gasteiger partial charge in [-0.1, -0.05) is 22.8 Å². The summed E-state index contributed by atoms with van der Waals surface area (Å²) in [6, 6.07) is 4.57. The molecule has 1 aromatic heterocycles. The van der Waals surface area contributed by atoms with E-state index in [1.807, 2.05) is 7.05 Å². The van der Waals surface area contributed by atoms with E-state index in [-0.39, 0.29) is 29.4 Å². The van der Waals surface area contributed by atoms with Gasteiger partial charge in [0.15, 0.2) is 5.82 Å². The molecule has 5 nitrogen and oxygen atoms in total. The molecule has 0 bridgehead atoms. The van der Waals surface area contributed by atoms with Gasteiger partial charge in [-0.25, -0.2) is 4.39 Å². The Morgan fingerprint density at radius 3 is 3.05 bits per heavy atom. The fraction of sp³-hybridized carbons (Fsp3) is 0.385. The van der Waals surface area contributed by atoms with Crippen molar-refractivity contribution >= 4 is 24.0 Å². The number of benzene rings is 1. The summed E-state index contributed by atoms with van der Waals surface area (Å²) in [5.74, 6) is 0.318. The number of likely N-dealkylation sites (N-methyl/N-ethyl adjacent to an activating group) is 1. The largest absolute Gasteiger partial charge is 0.334 e. The molecule has 2 heterocycles. The molecule has 1 aliphatic heterocycles. The first-order chi connectivity index (χ1) is 9.66. The fourth-order valence-corrected chi connectivity index (χ4v) is 2.45. The van der Waals surface area contributed by atoms with Gasteiger partial charge in [0.2, 0.25) is 0 Å². The smallest absolute Gasteiger partial charge is 0.259 e. The highest BCUT2D eigenvalue weighted by Gasteiger charge is 2.26. The molecule has 0 radical (unpaired) electrons. The van der Waals surface area contributed by atoms with Gasteiger partial charge in [0.25, 0.3) is 5.89 Å². The third-order valence-corrected chi connectivity index (χ3v) is 3.82. The van der Waals surface area contributed by atoms with E-state index in [1.165, 1.54) is 6.07 Å². The van der Waals surface area contributed by atoms with Crippen LogP contribution in [0.25, 0.3) is 11.5 Å². The van der Waals surface area contributed by atoms with E-state index in [4.69, 9.17) is 16.1 Å². The van der Waals surface area contributed by atoms with Crippen molar-refractivity contribution in [2.75, 3.05) is 26.7 Å². The van der Waals surface area contributed by atoms with Gasteiger partial charge in [0.05, 0.1) is 16.6 Å². The summed E-state index contributed by atoms with van der Waals surface area (Å²) in [5, 5.41) is 7.27. The van der Waals surface area contributed by atoms with Crippen LogP contribution in [0.5, 0.6) is 0 Å². The molecule has 2 aromatic rings. The zero-order valence-corrected chi connectivity index (χ0v) is 12.9. The molecule has 21 heavy (non-hydrogen) atoms. The SMILES string of the molecule is CN1CCNCC1c1noc(-c2cccc(F)c2Cl)n1.Cl. The number of halogens is 3. The quantitative estimate of drug-likeness (QED) is 0.915. The van der Waals surface area contributed by atoms with Crippen LogP contribution in [0.2, 0.25) is 5.02 Å². The van der Waals surface area contributed by atoms with Crippen molar-refractivity contribution in [1.82, 2.24) is 20.4 Å². The second-order valence-electron chi connectivity index (χ2n) is 4.76. The van der Waals surface area contributed by atoms with Crippen molar-refractivity contribution in [3.8, 4) is 11.5 Å². The summed E-state index contributed by atoms with van der Waals surface area (Å²) in [7, 11) is 2.01. The van der Waals surface area contributed by atoms with Crippen LogP contribution >= 0.6 is 24.0 Å². The second kappa shape index (κ2) is 6.70. The number of rotatable bonds is 2. The van der Waals surface area contributed by atoms with Crippen LogP contribution in [0.1, 0.15) is 11.9 Å². The van der Waals surface area contributed by atoms with E-state index < -0.39 is 5.82 Å². The lowest BCUT2D eigenvalue weighted by Gasteiger charge is -2.30. The van der Waals surface area contributed by atoms with Crippen molar-refractivity contribution in [2.45, 2.75) is 6.04 Å². The van der Waals surface area contributed by atoms with Gasteiger partial charge in [-0.3, -0.25) is 4.90 Å². The minimum absolute atomic E-state index is 0. The molecule has 8 heteroatoms. The maximum atomic E-state index is 13.4. The Balaban J connectivity index is 0.00000161. The number of hydrogen-bond donors (Lipinski definition) is 1. The van der Waals surface area contributed by atoms with Crippen LogP contribution in [0.3, 0.4) is 0 Å². The lowest BCUT2D eigenvalue weighted by Crippen LogP contribution is -2.44. The third-order valence-electron chi connectivity index (χ3n) is 3.43. The zero-order valence-electron chi connectivity index (χ0n) is 11.3. The summed E-state index contributed by atoms with van der Waals surface area (Å²) >= 11 is 5.93. The van der Waals surface area contributed by atoms with E-state index in [9.17, 15) is 4.39 Å². The summed E-state index contributed by atoms with van der Waals surface area (Å²) in [5.41, 5.74) is 0.414. The highest BCUT2D eigenvalue weighted by Crippen LogP contribution is 2.30. The van der Waals surface area contributed by atoms with Crippen molar-refractivity contribution in [2.24, 2.45) is 0 Å². The van der Waals surface area contributed by atoms with Crippen LogP contribution in [-0.2, 0) is 0 Å².